The third-order valence-electron chi connectivity index (χ3n) is 2.81. The Morgan fingerprint density at radius 2 is 1.80 bits per heavy atom. The SMILES string of the molecule is O=C(NCc1ccccc1)Nc1nc2ccccc2s1. The van der Waals surface area contributed by atoms with Gasteiger partial charge in [-0.05, 0) is 17.7 Å². The molecule has 0 saturated heterocycles. The fraction of sp³-hybridized carbons (Fsp3) is 0.0667. The molecule has 0 atom stereocenters. The van der Waals surface area contributed by atoms with E-state index >= 15 is 0 Å². The molecule has 1 aromatic heterocycles. The number of thiazole rings is 1. The van der Waals surface area contributed by atoms with Gasteiger partial charge in [-0.15, -0.1) is 0 Å². The van der Waals surface area contributed by atoms with E-state index in [1.54, 1.807) is 0 Å². The maximum Gasteiger partial charge on any atom is 0.321 e. The Balaban J connectivity index is 1.61. The van der Waals surface area contributed by atoms with Gasteiger partial charge >= 0.3 is 6.03 Å². The van der Waals surface area contributed by atoms with Gasteiger partial charge in [0.15, 0.2) is 5.13 Å². The van der Waals surface area contributed by atoms with E-state index in [0.29, 0.717) is 11.7 Å². The van der Waals surface area contributed by atoms with Crippen molar-refractivity contribution in [1.29, 1.82) is 0 Å². The van der Waals surface area contributed by atoms with Gasteiger partial charge in [0.1, 0.15) is 0 Å². The van der Waals surface area contributed by atoms with Crippen molar-refractivity contribution in [3.8, 4) is 0 Å². The third-order valence-corrected chi connectivity index (χ3v) is 3.76. The van der Waals surface area contributed by atoms with Gasteiger partial charge in [-0.2, -0.15) is 0 Å². The number of fused-ring (bicyclic) bond motifs is 1. The highest BCUT2D eigenvalue weighted by Gasteiger charge is 2.06. The van der Waals surface area contributed by atoms with Gasteiger partial charge in [-0.3, -0.25) is 5.32 Å². The van der Waals surface area contributed by atoms with Crippen LogP contribution in [-0.4, -0.2) is 11.0 Å². The standard InChI is InChI=1S/C15H13N3OS/c19-14(16-10-11-6-2-1-3-7-11)18-15-17-12-8-4-5-9-13(12)20-15/h1-9H,10H2,(H2,16,17,18,19). The van der Waals surface area contributed by atoms with E-state index in [1.807, 2.05) is 54.6 Å². The Morgan fingerprint density at radius 3 is 2.60 bits per heavy atom. The van der Waals surface area contributed by atoms with Crippen LogP contribution in [-0.2, 0) is 6.54 Å². The Kier molecular flexibility index (Phi) is 3.60. The first-order valence-electron chi connectivity index (χ1n) is 6.25. The average Bonchev–Trinajstić information content (AvgIpc) is 2.88. The van der Waals surface area contributed by atoms with Crippen LogP contribution in [0.25, 0.3) is 10.2 Å². The molecule has 100 valence electrons. The molecule has 0 aliphatic rings. The zero-order valence-electron chi connectivity index (χ0n) is 10.7. The molecule has 0 fully saturated rings. The molecule has 0 spiro atoms. The van der Waals surface area contributed by atoms with Crippen LogP contribution in [0.2, 0.25) is 0 Å². The number of nitrogens with zero attached hydrogens (tertiary/aromatic N) is 1. The number of nitrogens with one attached hydrogen (secondary N) is 2. The highest BCUT2D eigenvalue weighted by atomic mass is 32.1. The lowest BCUT2D eigenvalue weighted by Gasteiger charge is -2.04. The second-order valence-corrected chi connectivity index (χ2v) is 5.31. The van der Waals surface area contributed by atoms with Gasteiger partial charge < -0.3 is 5.32 Å². The fourth-order valence-electron chi connectivity index (χ4n) is 1.85. The first-order valence-corrected chi connectivity index (χ1v) is 7.07. The van der Waals surface area contributed by atoms with Crippen LogP contribution in [0.3, 0.4) is 0 Å². The van der Waals surface area contributed by atoms with Crippen LogP contribution in [0.15, 0.2) is 54.6 Å². The minimum atomic E-state index is -0.243. The second-order valence-electron chi connectivity index (χ2n) is 4.28. The molecule has 0 radical (unpaired) electrons. The van der Waals surface area contributed by atoms with Gasteiger partial charge in [0.25, 0.3) is 0 Å². The zero-order valence-corrected chi connectivity index (χ0v) is 11.5. The number of para-hydroxylation sites is 1. The maximum absolute atomic E-state index is 11.8. The first-order chi connectivity index (χ1) is 9.81. The van der Waals surface area contributed by atoms with E-state index in [4.69, 9.17) is 0 Å². The molecule has 5 heteroatoms. The van der Waals surface area contributed by atoms with E-state index in [0.717, 1.165) is 15.8 Å². The van der Waals surface area contributed by atoms with Gasteiger partial charge in [0.2, 0.25) is 0 Å². The van der Waals surface area contributed by atoms with Gasteiger partial charge in [0.05, 0.1) is 10.2 Å². The smallest absolute Gasteiger partial charge is 0.321 e. The molecule has 0 aliphatic heterocycles. The normalized spacial score (nSPS) is 10.4. The largest absolute Gasteiger partial charge is 0.334 e. The predicted molar refractivity (Wildman–Crippen MR) is 81.9 cm³/mol. The Morgan fingerprint density at radius 1 is 1.05 bits per heavy atom. The van der Waals surface area contributed by atoms with Crippen LogP contribution >= 0.6 is 11.3 Å². The molecular formula is C15H13N3OS. The summed E-state index contributed by atoms with van der Waals surface area (Å²) in [4.78, 5) is 16.2. The molecule has 3 aromatic rings. The highest BCUT2D eigenvalue weighted by molar-refractivity contribution is 7.22. The number of anilines is 1. The van der Waals surface area contributed by atoms with Crippen molar-refractivity contribution in [1.82, 2.24) is 10.3 Å². The molecular weight excluding hydrogens is 270 g/mol. The minimum absolute atomic E-state index is 0.243. The highest BCUT2D eigenvalue weighted by Crippen LogP contribution is 2.25. The number of carbonyl (C=O) groups is 1. The van der Waals surface area contributed by atoms with E-state index in [2.05, 4.69) is 15.6 Å². The average molecular weight is 283 g/mol. The Bertz CT molecular complexity index is 691. The molecule has 1 heterocycles. The number of urea groups is 1. The monoisotopic (exact) mass is 283 g/mol. The summed E-state index contributed by atoms with van der Waals surface area (Å²) >= 11 is 1.46. The topological polar surface area (TPSA) is 54.0 Å². The van der Waals surface area contributed by atoms with E-state index in [1.165, 1.54) is 11.3 Å². The lowest BCUT2D eigenvalue weighted by molar-refractivity contribution is 0.251. The molecule has 2 N–H and O–H groups in total. The molecule has 2 amide bonds. The molecule has 0 bridgehead atoms. The number of hydrogen-bond acceptors (Lipinski definition) is 3. The quantitative estimate of drug-likeness (QED) is 0.771. The molecule has 4 nitrogen and oxygen atoms in total. The van der Waals surface area contributed by atoms with Crippen LogP contribution in [0.4, 0.5) is 9.93 Å². The van der Waals surface area contributed by atoms with Crippen molar-refractivity contribution in [3.05, 3.63) is 60.2 Å². The van der Waals surface area contributed by atoms with Crippen molar-refractivity contribution in [2.45, 2.75) is 6.54 Å². The molecule has 0 aliphatic carbocycles. The summed E-state index contributed by atoms with van der Waals surface area (Å²) in [6.45, 7) is 0.498. The van der Waals surface area contributed by atoms with Crippen molar-refractivity contribution in [3.63, 3.8) is 0 Å². The molecule has 0 saturated carbocycles. The van der Waals surface area contributed by atoms with Crippen molar-refractivity contribution >= 4 is 32.7 Å². The van der Waals surface area contributed by atoms with E-state index in [9.17, 15) is 4.79 Å². The second kappa shape index (κ2) is 5.71. The maximum atomic E-state index is 11.8. The summed E-state index contributed by atoms with van der Waals surface area (Å²) in [5, 5.41) is 6.18. The van der Waals surface area contributed by atoms with Gasteiger partial charge in [0, 0.05) is 6.54 Å². The molecule has 0 unspecified atom stereocenters. The number of amides is 2. The van der Waals surface area contributed by atoms with Crippen LogP contribution in [0, 0.1) is 0 Å². The van der Waals surface area contributed by atoms with Gasteiger partial charge in [-0.1, -0.05) is 53.8 Å². The van der Waals surface area contributed by atoms with Crippen LogP contribution in [0.5, 0.6) is 0 Å². The molecule has 20 heavy (non-hydrogen) atoms. The minimum Gasteiger partial charge on any atom is -0.334 e. The fourth-order valence-corrected chi connectivity index (χ4v) is 2.71. The summed E-state index contributed by atoms with van der Waals surface area (Å²) < 4.78 is 1.06. The number of rotatable bonds is 3. The Hall–Kier alpha value is -2.40. The van der Waals surface area contributed by atoms with Crippen LogP contribution in [0.1, 0.15) is 5.56 Å². The zero-order chi connectivity index (χ0) is 13.8. The molecule has 2 aromatic carbocycles. The van der Waals surface area contributed by atoms with Crippen molar-refractivity contribution < 1.29 is 4.79 Å². The number of aromatic nitrogens is 1. The van der Waals surface area contributed by atoms with Crippen molar-refractivity contribution in [2.24, 2.45) is 0 Å². The number of benzene rings is 2. The predicted octanol–water partition coefficient (Wildman–Crippen LogP) is 3.62. The summed E-state index contributed by atoms with van der Waals surface area (Å²) in [6, 6.07) is 17.3. The third kappa shape index (κ3) is 2.95. The van der Waals surface area contributed by atoms with Gasteiger partial charge in [-0.25, -0.2) is 9.78 Å². The van der Waals surface area contributed by atoms with Crippen molar-refractivity contribution in [2.75, 3.05) is 5.32 Å². The Labute approximate surface area is 120 Å². The molecule has 3 rings (SSSR count). The summed E-state index contributed by atoms with van der Waals surface area (Å²) in [7, 11) is 0. The number of hydrogen-bond donors (Lipinski definition) is 2. The summed E-state index contributed by atoms with van der Waals surface area (Å²) in [5.74, 6) is 0. The summed E-state index contributed by atoms with van der Waals surface area (Å²) in [6.07, 6.45) is 0. The lowest BCUT2D eigenvalue weighted by atomic mass is 10.2. The lowest BCUT2D eigenvalue weighted by Crippen LogP contribution is -2.28. The van der Waals surface area contributed by atoms with E-state index in [-0.39, 0.29) is 6.03 Å². The summed E-state index contributed by atoms with van der Waals surface area (Å²) in [5.41, 5.74) is 1.96. The van der Waals surface area contributed by atoms with Crippen LogP contribution < -0.4 is 10.6 Å². The van der Waals surface area contributed by atoms with E-state index < -0.39 is 0 Å². The number of carbonyl (C=O) groups excluding carboxylic acids is 1. The first kappa shape index (κ1) is 12.6.